The molecule has 1 fully saturated rings. The first-order valence-corrected chi connectivity index (χ1v) is 6.47. The van der Waals surface area contributed by atoms with Crippen LogP contribution in [0.3, 0.4) is 0 Å². The zero-order valence-corrected chi connectivity index (χ0v) is 11.4. The minimum Gasteiger partial charge on any atom is -0.351 e. The van der Waals surface area contributed by atoms with Crippen LogP contribution < -0.4 is 16.4 Å². The lowest BCUT2D eigenvalue weighted by Gasteiger charge is -2.37. The molecule has 104 valence electrons. The number of hydrogen-bond donors (Lipinski definition) is 3. The number of imide groups is 1. The number of rotatable bonds is 4. The van der Waals surface area contributed by atoms with Crippen LogP contribution in [0.5, 0.6) is 0 Å². The molecule has 1 saturated heterocycles. The van der Waals surface area contributed by atoms with Gasteiger partial charge in [0.15, 0.2) is 0 Å². The maximum Gasteiger partial charge on any atom is 0.318 e. The van der Waals surface area contributed by atoms with Crippen molar-refractivity contribution in [3.05, 3.63) is 0 Å². The molecular weight excluding hydrogens is 232 g/mol. The van der Waals surface area contributed by atoms with Gasteiger partial charge in [0.1, 0.15) is 0 Å². The minimum atomic E-state index is -0.787. The Kier molecular flexibility index (Phi) is 5.55. The van der Waals surface area contributed by atoms with Gasteiger partial charge in [-0.1, -0.05) is 0 Å². The summed E-state index contributed by atoms with van der Waals surface area (Å²) in [7, 11) is 1.97. The highest BCUT2D eigenvalue weighted by molar-refractivity contribution is 5.96. The number of amides is 3. The molecule has 2 unspecified atom stereocenters. The van der Waals surface area contributed by atoms with Gasteiger partial charge in [0, 0.05) is 6.04 Å². The van der Waals surface area contributed by atoms with Crippen molar-refractivity contribution in [2.24, 2.45) is 11.7 Å². The number of nitrogens with one attached hydrogen (secondary N) is 2. The number of likely N-dealkylation sites (tertiary alicyclic amines) is 1. The van der Waals surface area contributed by atoms with Crippen molar-refractivity contribution < 1.29 is 9.59 Å². The summed E-state index contributed by atoms with van der Waals surface area (Å²) in [5.41, 5.74) is 4.94. The molecule has 1 aliphatic rings. The maximum atomic E-state index is 11.7. The van der Waals surface area contributed by atoms with E-state index < -0.39 is 6.03 Å². The van der Waals surface area contributed by atoms with Gasteiger partial charge in [-0.25, -0.2) is 4.79 Å². The van der Waals surface area contributed by atoms with Crippen LogP contribution in [0.2, 0.25) is 0 Å². The van der Waals surface area contributed by atoms with Crippen LogP contribution in [0, 0.1) is 5.92 Å². The molecule has 0 bridgehead atoms. The fourth-order valence-electron chi connectivity index (χ4n) is 2.43. The summed E-state index contributed by atoms with van der Waals surface area (Å²) in [6.07, 6.45) is 2.13. The number of primary amides is 1. The molecule has 2 atom stereocenters. The van der Waals surface area contributed by atoms with Crippen LogP contribution in [0.1, 0.15) is 26.7 Å². The molecule has 3 amide bonds. The maximum absolute atomic E-state index is 11.7. The Morgan fingerprint density at radius 2 is 1.83 bits per heavy atom. The standard InChI is InChI=1S/C12H24N4O2/c1-8(14-3)10-4-6-16(7-5-10)9(2)11(17)15-12(13)18/h8-10,14H,4-7H2,1-3H3,(H3,13,15,17,18). The van der Waals surface area contributed by atoms with Gasteiger partial charge in [-0.2, -0.15) is 0 Å². The number of nitrogens with two attached hydrogens (primary N) is 1. The Labute approximate surface area is 108 Å². The van der Waals surface area contributed by atoms with E-state index in [2.05, 4.69) is 22.5 Å². The third kappa shape index (κ3) is 3.96. The highest BCUT2D eigenvalue weighted by Crippen LogP contribution is 2.21. The monoisotopic (exact) mass is 256 g/mol. The fraction of sp³-hybridized carbons (Fsp3) is 0.833. The van der Waals surface area contributed by atoms with Gasteiger partial charge >= 0.3 is 6.03 Å². The second-order valence-corrected chi connectivity index (χ2v) is 4.98. The van der Waals surface area contributed by atoms with Crippen LogP contribution in [0.15, 0.2) is 0 Å². The van der Waals surface area contributed by atoms with Gasteiger partial charge in [0.2, 0.25) is 5.91 Å². The van der Waals surface area contributed by atoms with E-state index in [1.165, 1.54) is 0 Å². The van der Waals surface area contributed by atoms with Crippen molar-refractivity contribution in [1.29, 1.82) is 0 Å². The average molecular weight is 256 g/mol. The molecule has 6 heteroatoms. The molecule has 0 aromatic rings. The predicted octanol–water partition coefficient (Wildman–Crippen LogP) is -0.110. The van der Waals surface area contributed by atoms with Gasteiger partial charge < -0.3 is 11.1 Å². The van der Waals surface area contributed by atoms with Crippen molar-refractivity contribution in [2.45, 2.75) is 38.8 Å². The molecule has 1 heterocycles. The highest BCUT2D eigenvalue weighted by atomic mass is 16.2. The third-order valence-electron chi connectivity index (χ3n) is 3.91. The Hall–Kier alpha value is -1.14. The summed E-state index contributed by atoms with van der Waals surface area (Å²) in [5.74, 6) is 0.334. The third-order valence-corrected chi connectivity index (χ3v) is 3.91. The molecule has 0 aliphatic carbocycles. The zero-order chi connectivity index (χ0) is 13.7. The molecule has 1 aliphatic heterocycles. The molecule has 0 saturated carbocycles. The summed E-state index contributed by atoms with van der Waals surface area (Å²) in [4.78, 5) is 24.4. The van der Waals surface area contributed by atoms with Crippen molar-refractivity contribution >= 4 is 11.9 Å². The Balaban J connectivity index is 2.42. The van der Waals surface area contributed by atoms with Gasteiger partial charge in [0.25, 0.3) is 0 Å². The van der Waals surface area contributed by atoms with Gasteiger partial charge in [-0.15, -0.1) is 0 Å². The van der Waals surface area contributed by atoms with E-state index in [1.807, 2.05) is 7.05 Å². The van der Waals surface area contributed by atoms with Crippen molar-refractivity contribution in [1.82, 2.24) is 15.5 Å². The van der Waals surface area contributed by atoms with Crippen LogP contribution in [-0.4, -0.2) is 49.1 Å². The second-order valence-electron chi connectivity index (χ2n) is 4.98. The molecule has 0 aromatic heterocycles. The molecule has 0 aromatic carbocycles. The Morgan fingerprint density at radius 3 is 2.28 bits per heavy atom. The van der Waals surface area contributed by atoms with E-state index in [0.29, 0.717) is 12.0 Å². The molecule has 0 radical (unpaired) electrons. The second kappa shape index (κ2) is 6.70. The lowest BCUT2D eigenvalue weighted by molar-refractivity contribution is -0.125. The van der Waals surface area contributed by atoms with E-state index in [0.717, 1.165) is 25.9 Å². The summed E-state index contributed by atoms with van der Waals surface area (Å²) in [5, 5.41) is 5.40. The number of urea groups is 1. The topological polar surface area (TPSA) is 87.5 Å². The van der Waals surface area contributed by atoms with E-state index in [-0.39, 0.29) is 11.9 Å². The predicted molar refractivity (Wildman–Crippen MR) is 70.0 cm³/mol. The molecule has 0 spiro atoms. The van der Waals surface area contributed by atoms with Gasteiger partial charge in [-0.05, 0) is 52.7 Å². The Morgan fingerprint density at radius 1 is 1.28 bits per heavy atom. The number of hydrogen-bond acceptors (Lipinski definition) is 4. The normalized spacial score (nSPS) is 21.3. The van der Waals surface area contributed by atoms with Crippen LogP contribution in [-0.2, 0) is 4.79 Å². The number of nitrogens with zero attached hydrogens (tertiary/aromatic N) is 1. The van der Waals surface area contributed by atoms with E-state index in [4.69, 9.17) is 5.73 Å². The van der Waals surface area contributed by atoms with Crippen LogP contribution >= 0.6 is 0 Å². The summed E-state index contributed by atoms with van der Waals surface area (Å²) in [6, 6.07) is -0.587. The number of piperidine rings is 1. The molecule has 4 N–H and O–H groups in total. The smallest absolute Gasteiger partial charge is 0.318 e. The van der Waals surface area contributed by atoms with E-state index in [1.54, 1.807) is 6.92 Å². The van der Waals surface area contributed by atoms with Gasteiger partial charge in [-0.3, -0.25) is 15.0 Å². The molecule has 18 heavy (non-hydrogen) atoms. The molecule has 6 nitrogen and oxygen atoms in total. The fourth-order valence-corrected chi connectivity index (χ4v) is 2.43. The highest BCUT2D eigenvalue weighted by Gasteiger charge is 2.28. The lowest BCUT2D eigenvalue weighted by atomic mass is 9.90. The van der Waals surface area contributed by atoms with Crippen LogP contribution in [0.25, 0.3) is 0 Å². The first-order valence-electron chi connectivity index (χ1n) is 6.47. The lowest BCUT2D eigenvalue weighted by Crippen LogP contribution is -2.51. The minimum absolute atomic E-state index is 0.302. The van der Waals surface area contributed by atoms with Crippen molar-refractivity contribution in [3.63, 3.8) is 0 Å². The SMILES string of the molecule is CNC(C)C1CCN(C(C)C(=O)NC(N)=O)CC1. The van der Waals surface area contributed by atoms with Crippen molar-refractivity contribution in [2.75, 3.05) is 20.1 Å². The largest absolute Gasteiger partial charge is 0.351 e. The molecular formula is C12H24N4O2. The quantitative estimate of drug-likeness (QED) is 0.655. The summed E-state index contributed by atoms with van der Waals surface area (Å²) < 4.78 is 0. The Bertz CT molecular complexity index is 300. The average Bonchev–Trinajstić information content (AvgIpc) is 2.36. The van der Waals surface area contributed by atoms with E-state index >= 15 is 0 Å². The van der Waals surface area contributed by atoms with Crippen molar-refractivity contribution in [3.8, 4) is 0 Å². The zero-order valence-electron chi connectivity index (χ0n) is 11.4. The number of carbonyl (C=O) groups is 2. The molecule has 1 rings (SSSR count). The number of carbonyl (C=O) groups excluding carboxylic acids is 2. The summed E-state index contributed by atoms with van der Waals surface area (Å²) in [6.45, 7) is 5.75. The van der Waals surface area contributed by atoms with Gasteiger partial charge in [0.05, 0.1) is 6.04 Å². The summed E-state index contributed by atoms with van der Waals surface area (Å²) >= 11 is 0. The van der Waals surface area contributed by atoms with E-state index in [9.17, 15) is 9.59 Å². The van der Waals surface area contributed by atoms with Crippen LogP contribution in [0.4, 0.5) is 4.79 Å². The first kappa shape index (κ1) is 14.9. The first-order chi connectivity index (χ1) is 8.45.